The minimum absolute atomic E-state index is 0.312. The van der Waals surface area contributed by atoms with Crippen molar-refractivity contribution < 1.29 is 23.7 Å². The van der Waals surface area contributed by atoms with Gasteiger partial charge in [-0.25, -0.2) is 0 Å². The molecule has 6 rings (SSSR count). The van der Waals surface area contributed by atoms with E-state index in [0.29, 0.717) is 19.8 Å². The second-order valence-corrected chi connectivity index (χ2v) is 10.6. The van der Waals surface area contributed by atoms with Crippen molar-refractivity contribution in [2.24, 2.45) is 0 Å². The molecular formula is C33H34O5. The summed E-state index contributed by atoms with van der Waals surface area (Å²) in [6.45, 7) is 7.00. The lowest BCUT2D eigenvalue weighted by Crippen LogP contribution is -2.48. The summed E-state index contributed by atoms with van der Waals surface area (Å²) in [5.74, 6) is -0.742. The fraction of sp³-hybridized carbons (Fsp3) is 0.333. The highest BCUT2D eigenvalue weighted by molar-refractivity contribution is 5.83. The Hall–Kier alpha value is -3.06. The van der Waals surface area contributed by atoms with Gasteiger partial charge in [0.2, 0.25) is 0 Å². The minimum atomic E-state index is -0.839. The van der Waals surface area contributed by atoms with Gasteiger partial charge in [0.25, 0.3) is 0 Å². The number of hydrogen-bond donors (Lipinski definition) is 0. The third-order valence-electron chi connectivity index (χ3n) is 7.31. The second-order valence-electron chi connectivity index (χ2n) is 10.6. The second kappa shape index (κ2) is 10.3. The highest BCUT2D eigenvalue weighted by Gasteiger charge is 2.61. The fourth-order valence-corrected chi connectivity index (χ4v) is 5.60. The molecule has 5 nitrogen and oxygen atoms in total. The summed E-state index contributed by atoms with van der Waals surface area (Å²) in [7, 11) is 0. The zero-order valence-electron chi connectivity index (χ0n) is 22.1. The van der Waals surface area contributed by atoms with Gasteiger partial charge in [-0.3, -0.25) is 0 Å². The third kappa shape index (κ3) is 5.00. The number of rotatable bonds is 8. The first-order valence-corrected chi connectivity index (χ1v) is 13.3. The molecule has 0 amide bonds. The molecule has 2 fully saturated rings. The van der Waals surface area contributed by atoms with Crippen LogP contribution in [0.4, 0.5) is 0 Å². The van der Waals surface area contributed by atoms with E-state index in [1.54, 1.807) is 0 Å². The van der Waals surface area contributed by atoms with Crippen molar-refractivity contribution in [2.45, 2.75) is 63.9 Å². The molecule has 0 spiro atoms. The maximum absolute atomic E-state index is 6.61. The van der Waals surface area contributed by atoms with Gasteiger partial charge in [0, 0.05) is 0 Å². The van der Waals surface area contributed by atoms with Crippen LogP contribution in [-0.2, 0) is 36.9 Å². The van der Waals surface area contributed by atoms with E-state index in [0.717, 1.165) is 11.1 Å². The van der Waals surface area contributed by atoms with Crippen LogP contribution in [0.25, 0.3) is 21.5 Å². The molecule has 4 aromatic rings. The Morgan fingerprint density at radius 3 is 1.97 bits per heavy atom. The topological polar surface area (TPSA) is 46.2 Å². The van der Waals surface area contributed by atoms with E-state index >= 15 is 0 Å². The summed E-state index contributed by atoms with van der Waals surface area (Å²) >= 11 is 0. The van der Waals surface area contributed by atoms with Crippen molar-refractivity contribution in [3.8, 4) is 0 Å². The van der Waals surface area contributed by atoms with E-state index in [1.165, 1.54) is 21.5 Å². The molecule has 0 aromatic heterocycles. The summed E-state index contributed by atoms with van der Waals surface area (Å²) in [5, 5.41) is 4.81. The number of benzene rings is 4. The summed E-state index contributed by atoms with van der Waals surface area (Å²) in [6.07, 6.45) is 2.69. The van der Waals surface area contributed by atoms with Crippen LogP contribution >= 0.6 is 0 Å². The van der Waals surface area contributed by atoms with Gasteiger partial charge in [-0.1, -0.05) is 84.9 Å². The summed E-state index contributed by atoms with van der Waals surface area (Å²) in [6, 6.07) is 29.5. The Bertz CT molecular complexity index is 1460. The first-order chi connectivity index (χ1) is 18.4. The Morgan fingerprint density at radius 1 is 0.737 bits per heavy atom. The van der Waals surface area contributed by atoms with Crippen LogP contribution < -0.4 is 0 Å². The third-order valence-corrected chi connectivity index (χ3v) is 7.31. The Morgan fingerprint density at radius 2 is 1.34 bits per heavy atom. The van der Waals surface area contributed by atoms with Gasteiger partial charge < -0.3 is 23.7 Å². The molecule has 0 N–H and O–H groups in total. The number of hydrogen-bond acceptors (Lipinski definition) is 5. The van der Waals surface area contributed by atoms with Gasteiger partial charge in [-0.05, 0) is 65.6 Å². The van der Waals surface area contributed by atoms with Crippen molar-refractivity contribution in [2.75, 3.05) is 6.61 Å². The largest absolute Gasteiger partial charge is 0.373 e. The van der Waals surface area contributed by atoms with Crippen molar-refractivity contribution in [1.29, 1.82) is 0 Å². The first-order valence-electron chi connectivity index (χ1n) is 13.3. The molecule has 4 aromatic carbocycles. The number of allylic oxidation sites excluding steroid dienone is 1. The molecule has 2 heterocycles. The molecule has 0 unspecified atom stereocenters. The molecule has 2 aliphatic rings. The molecule has 4 atom stereocenters. The van der Waals surface area contributed by atoms with Crippen molar-refractivity contribution in [3.63, 3.8) is 0 Å². The van der Waals surface area contributed by atoms with Gasteiger partial charge in [-0.2, -0.15) is 0 Å². The lowest BCUT2D eigenvalue weighted by molar-refractivity contribution is -0.243. The summed E-state index contributed by atoms with van der Waals surface area (Å²) in [5.41, 5.74) is 1.37. The molecule has 2 saturated heterocycles. The van der Waals surface area contributed by atoms with Crippen molar-refractivity contribution >= 4 is 21.5 Å². The van der Waals surface area contributed by atoms with Crippen LogP contribution in [0.2, 0.25) is 0 Å². The van der Waals surface area contributed by atoms with Gasteiger partial charge >= 0.3 is 0 Å². The smallest absolute Gasteiger partial charge is 0.191 e. The molecule has 2 aliphatic heterocycles. The average molecular weight is 511 g/mol. The SMILES string of the molecule is C/C=C/[C@]1(COCc2ccc3ccccc3c2)O[C@@H]2OC(C)(C)O[C@@H]2[C@@H]1OCc1ccc2ccccc2c1. The van der Waals surface area contributed by atoms with Crippen molar-refractivity contribution in [3.05, 3.63) is 108 Å². The van der Waals surface area contributed by atoms with Crippen LogP contribution in [0.5, 0.6) is 0 Å². The van der Waals surface area contributed by atoms with Crippen LogP contribution in [0.1, 0.15) is 31.9 Å². The summed E-state index contributed by atoms with van der Waals surface area (Å²) < 4.78 is 31.9. The van der Waals surface area contributed by atoms with E-state index in [-0.39, 0.29) is 6.10 Å². The monoisotopic (exact) mass is 510 g/mol. The summed E-state index contributed by atoms with van der Waals surface area (Å²) in [4.78, 5) is 0. The molecular weight excluding hydrogens is 476 g/mol. The Balaban J connectivity index is 1.22. The van der Waals surface area contributed by atoms with E-state index in [4.69, 9.17) is 23.7 Å². The van der Waals surface area contributed by atoms with Gasteiger partial charge in [0.05, 0.1) is 19.8 Å². The standard InChI is InChI=1S/C33H34O5/c1-4-17-33(22-34-20-23-13-15-25-9-5-7-11-27(25)18-23)30(29-31(38-33)37-32(2,3)36-29)35-21-24-14-16-26-10-6-8-12-28(26)19-24/h4-19,29-31H,20-22H2,1-3H3/b17-4+/t29-,30+,31+,33-/m1/s1. The molecule has 0 radical (unpaired) electrons. The molecule has 196 valence electrons. The molecule has 0 aliphatic carbocycles. The van der Waals surface area contributed by atoms with Crippen LogP contribution in [0, 0.1) is 0 Å². The molecule has 0 saturated carbocycles. The lowest BCUT2D eigenvalue weighted by atomic mass is 9.95. The molecule has 38 heavy (non-hydrogen) atoms. The highest BCUT2D eigenvalue weighted by atomic mass is 16.8. The van der Waals surface area contributed by atoms with Crippen LogP contribution in [0.15, 0.2) is 97.1 Å². The number of ether oxygens (including phenoxy) is 5. The zero-order valence-corrected chi connectivity index (χ0v) is 22.1. The molecule has 0 bridgehead atoms. The zero-order chi connectivity index (χ0) is 26.2. The molecule has 5 heteroatoms. The predicted octanol–water partition coefficient (Wildman–Crippen LogP) is 6.92. The maximum Gasteiger partial charge on any atom is 0.191 e. The fourth-order valence-electron chi connectivity index (χ4n) is 5.60. The lowest BCUT2D eigenvalue weighted by Gasteiger charge is -2.34. The van der Waals surface area contributed by atoms with E-state index < -0.39 is 23.8 Å². The number of fused-ring (bicyclic) bond motifs is 3. The maximum atomic E-state index is 6.61. The van der Waals surface area contributed by atoms with Crippen LogP contribution in [-0.4, -0.2) is 36.5 Å². The highest BCUT2D eigenvalue weighted by Crippen LogP contribution is 2.45. The van der Waals surface area contributed by atoms with E-state index in [1.807, 2.05) is 32.9 Å². The van der Waals surface area contributed by atoms with Crippen molar-refractivity contribution in [1.82, 2.24) is 0 Å². The Labute approximate surface area is 223 Å². The van der Waals surface area contributed by atoms with Gasteiger partial charge in [0.15, 0.2) is 12.1 Å². The van der Waals surface area contributed by atoms with Gasteiger partial charge in [-0.15, -0.1) is 0 Å². The Kier molecular flexibility index (Phi) is 6.81. The van der Waals surface area contributed by atoms with E-state index in [2.05, 4.69) is 84.9 Å². The first kappa shape index (κ1) is 25.2. The van der Waals surface area contributed by atoms with Gasteiger partial charge in [0.1, 0.15) is 17.8 Å². The normalized spacial score (nSPS) is 26.4. The quantitative estimate of drug-likeness (QED) is 0.241. The predicted molar refractivity (Wildman–Crippen MR) is 149 cm³/mol. The van der Waals surface area contributed by atoms with Crippen LogP contribution in [0.3, 0.4) is 0 Å². The average Bonchev–Trinajstić information content (AvgIpc) is 3.35. The van der Waals surface area contributed by atoms with E-state index in [9.17, 15) is 0 Å². The minimum Gasteiger partial charge on any atom is -0.373 e.